The van der Waals surface area contributed by atoms with Crippen molar-refractivity contribution in [3.05, 3.63) is 53.1 Å². The lowest BCUT2D eigenvalue weighted by Crippen LogP contribution is -2.46. The molecule has 0 radical (unpaired) electrons. The fourth-order valence-corrected chi connectivity index (χ4v) is 5.09. The Hall–Kier alpha value is -2.42. The number of nitrogens with zero attached hydrogens (tertiary/aromatic N) is 1. The minimum atomic E-state index is -0.481. The Morgan fingerprint density at radius 2 is 1.72 bits per heavy atom. The van der Waals surface area contributed by atoms with Gasteiger partial charge in [0.25, 0.3) is 0 Å². The predicted molar refractivity (Wildman–Crippen MR) is 118 cm³/mol. The summed E-state index contributed by atoms with van der Waals surface area (Å²) in [4.78, 5) is 2.36. The Balaban J connectivity index is 1.53. The topological polar surface area (TPSA) is 55.0 Å². The molecule has 0 aliphatic carbocycles. The van der Waals surface area contributed by atoms with E-state index in [4.69, 9.17) is 14.2 Å². The highest BCUT2D eigenvalue weighted by atomic mass is 19.1. The van der Waals surface area contributed by atoms with E-state index in [2.05, 4.69) is 15.8 Å². The molecule has 6 nitrogen and oxygen atoms in total. The van der Waals surface area contributed by atoms with Gasteiger partial charge in [-0.15, -0.1) is 0 Å². The molecule has 174 valence electrons. The van der Waals surface area contributed by atoms with Gasteiger partial charge < -0.3 is 14.2 Å². The summed E-state index contributed by atoms with van der Waals surface area (Å²) in [6, 6.07) is 7.75. The van der Waals surface area contributed by atoms with E-state index in [9.17, 15) is 8.78 Å². The molecule has 0 aromatic heterocycles. The van der Waals surface area contributed by atoms with Gasteiger partial charge in [0, 0.05) is 49.3 Å². The van der Waals surface area contributed by atoms with Gasteiger partial charge in [0.05, 0.1) is 26.9 Å². The predicted octanol–water partition coefficient (Wildman–Crippen LogP) is 3.46. The number of nitrogens with one attached hydrogen (secondary N) is 2. The van der Waals surface area contributed by atoms with Crippen LogP contribution in [-0.4, -0.2) is 51.9 Å². The fraction of sp³-hybridized carbons (Fsp3) is 0.500. The largest absolute Gasteiger partial charge is 0.496 e. The number of likely N-dealkylation sites (tertiary alicyclic amines) is 1. The van der Waals surface area contributed by atoms with Crippen molar-refractivity contribution in [2.24, 2.45) is 5.92 Å². The van der Waals surface area contributed by atoms with Gasteiger partial charge in [-0.2, -0.15) is 0 Å². The summed E-state index contributed by atoms with van der Waals surface area (Å²) < 4.78 is 45.5. The smallest absolute Gasteiger partial charge is 0.130 e. The van der Waals surface area contributed by atoms with E-state index < -0.39 is 11.6 Å². The second-order valence-electron chi connectivity index (χ2n) is 8.44. The molecule has 32 heavy (non-hydrogen) atoms. The average Bonchev–Trinajstić information content (AvgIpc) is 3.28. The van der Waals surface area contributed by atoms with Crippen LogP contribution in [0.3, 0.4) is 0 Å². The van der Waals surface area contributed by atoms with Gasteiger partial charge in [0.1, 0.15) is 28.9 Å². The van der Waals surface area contributed by atoms with Crippen LogP contribution in [-0.2, 0) is 6.54 Å². The van der Waals surface area contributed by atoms with Gasteiger partial charge in [0.15, 0.2) is 0 Å². The lowest BCUT2D eigenvalue weighted by molar-refractivity contribution is 0.136. The monoisotopic (exact) mass is 447 g/mol. The Morgan fingerprint density at radius 1 is 1.03 bits per heavy atom. The average molecular weight is 448 g/mol. The first-order valence-corrected chi connectivity index (χ1v) is 11.0. The maximum atomic E-state index is 14.5. The molecule has 2 N–H and O–H groups in total. The lowest BCUT2D eigenvalue weighted by atomic mass is 9.80. The minimum absolute atomic E-state index is 0.0520. The number of hydrogen-bond donors (Lipinski definition) is 2. The number of hydrogen-bond acceptors (Lipinski definition) is 6. The van der Waals surface area contributed by atoms with Crippen molar-refractivity contribution < 1.29 is 23.0 Å². The maximum absolute atomic E-state index is 14.5. The standard InChI is InChI=1S/C24H31F2N3O3/c1-30-16-10-21(31-2)18(22(11-16)32-3)14-29-9-5-6-15(13-29)24-17(12-27-28-24)23-19(25)7-4-8-20(23)26/h4,7-8,10-11,15,17,24,27-28H,5-6,9,12-14H2,1-3H3. The van der Waals surface area contributed by atoms with Gasteiger partial charge in [-0.3, -0.25) is 15.8 Å². The maximum Gasteiger partial charge on any atom is 0.130 e. The zero-order chi connectivity index (χ0) is 22.7. The molecule has 2 aliphatic rings. The number of rotatable bonds is 7. The number of ether oxygens (including phenoxy) is 3. The molecule has 2 heterocycles. The van der Waals surface area contributed by atoms with Crippen molar-refractivity contribution in [1.29, 1.82) is 0 Å². The lowest BCUT2D eigenvalue weighted by Gasteiger charge is -2.37. The van der Waals surface area contributed by atoms with Crippen LogP contribution in [0.5, 0.6) is 17.2 Å². The van der Waals surface area contributed by atoms with Crippen LogP contribution in [0, 0.1) is 17.6 Å². The molecule has 2 aromatic rings. The quantitative estimate of drug-likeness (QED) is 0.678. The van der Waals surface area contributed by atoms with Crippen molar-refractivity contribution in [3.63, 3.8) is 0 Å². The van der Waals surface area contributed by atoms with Crippen LogP contribution in [0.15, 0.2) is 30.3 Å². The summed E-state index contributed by atoms with van der Waals surface area (Å²) in [7, 11) is 4.89. The molecular weight excluding hydrogens is 416 g/mol. The molecule has 3 atom stereocenters. The van der Waals surface area contributed by atoms with Crippen LogP contribution in [0.25, 0.3) is 0 Å². The summed E-state index contributed by atoms with van der Waals surface area (Å²) in [6.45, 7) is 2.91. The van der Waals surface area contributed by atoms with E-state index >= 15 is 0 Å². The third kappa shape index (κ3) is 4.53. The van der Waals surface area contributed by atoms with Gasteiger partial charge in [-0.1, -0.05) is 6.07 Å². The Kier molecular flexibility index (Phi) is 7.13. The third-order valence-corrected chi connectivity index (χ3v) is 6.64. The summed E-state index contributed by atoms with van der Waals surface area (Å²) in [5, 5.41) is 0. The van der Waals surface area contributed by atoms with E-state index in [1.165, 1.54) is 18.2 Å². The number of halogens is 2. The molecule has 0 bridgehead atoms. The summed E-state index contributed by atoms with van der Waals surface area (Å²) in [5.41, 5.74) is 7.56. The van der Waals surface area contributed by atoms with E-state index in [0.717, 1.165) is 43.0 Å². The summed E-state index contributed by atoms with van der Waals surface area (Å²) in [5.74, 6) is 1.14. The number of piperidine rings is 1. The first-order valence-electron chi connectivity index (χ1n) is 11.0. The van der Waals surface area contributed by atoms with Crippen molar-refractivity contribution in [2.75, 3.05) is 41.0 Å². The highest BCUT2D eigenvalue weighted by molar-refractivity contribution is 5.50. The zero-order valence-electron chi connectivity index (χ0n) is 18.8. The van der Waals surface area contributed by atoms with Gasteiger partial charge in [0.2, 0.25) is 0 Å². The van der Waals surface area contributed by atoms with Crippen molar-refractivity contribution in [3.8, 4) is 17.2 Å². The Bertz CT molecular complexity index is 897. The minimum Gasteiger partial charge on any atom is -0.496 e. The molecule has 4 rings (SSSR count). The Labute approximate surface area is 187 Å². The third-order valence-electron chi connectivity index (χ3n) is 6.64. The van der Waals surface area contributed by atoms with Crippen LogP contribution >= 0.6 is 0 Å². The van der Waals surface area contributed by atoms with E-state index in [1.54, 1.807) is 21.3 Å². The van der Waals surface area contributed by atoms with Gasteiger partial charge >= 0.3 is 0 Å². The second kappa shape index (κ2) is 10.0. The van der Waals surface area contributed by atoms with Crippen molar-refractivity contribution in [1.82, 2.24) is 15.8 Å². The number of hydrazine groups is 1. The van der Waals surface area contributed by atoms with Crippen LogP contribution in [0.2, 0.25) is 0 Å². The molecule has 0 saturated carbocycles. The molecule has 0 spiro atoms. The van der Waals surface area contributed by atoms with Crippen LogP contribution in [0.4, 0.5) is 8.78 Å². The van der Waals surface area contributed by atoms with E-state index in [-0.39, 0.29) is 23.4 Å². The SMILES string of the molecule is COc1cc(OC)c(CN2CCCC(C3NNCC3c3c(F)cccc3F)C2)c(OC)c1. The number of benzene rings is 2. The summed E-state index contributed by atoms with van der Waals surface area (Å²) >= 11 is 0. The van der Waals surface area contributed by atoms with Crippen LogP contribution in [0.1, 0.15) is 29.9 Å². The highest BCUT2D eigenvalue weighted by Gasteiger charge is 2.39. The zero-order valence-corrected chi connectivity index (χ0v) is 18.8. The Morgan fingerprint density at radius 3 is 2.34 bits per heavy atom. The van der Waals surface area contributed by atoms with Crippen LogP contribution < -0.4 is 25.1 Å². The number of methoxy groups -OCH3 is 3. The first kappa shape index (κ1) is 22.8. The van der Waals surface area contributed by atoms with Gasteiger partial charge in [-0.25, -0.2) is 8.78 Å². The fourth-order valence-electron chi connectivity index (χ4n) is 5.09. The second-order valence-corrected chi connectivity index (χ2v) is 8.44. The van der Waals surface area contributed by atoms with Gasteiger partial charge in [-0.05, 0) is 37.4 Å². The molecular formula is C24H31F2N3O3. The van der Waals surface area contributed by atoms with E-state index in [0.29, 0.717) is 18.8 Å². The molecule has 0 amide bonds. The highest BCUT2D eigenvalue weighted by Crippen LogP contribution is 2.38. The first-order chi connectivity index (χ1) is 15.5. The molecule has 2 fully saturated rings. The van der Waals surface area contributed by atoms with E-state index in [1.807, 2.05) is 12.1 Å². The molecule has 2 aromatic carbocycles. The molecule has 2 saturated heterocycles. The summed E-state index contributed by atoms with van der Waals surface area (Å²) in [6.07, 6.45) is 2.01. The molecule has 8 heteroatoms. The van der Waals surface area contributed by atoms with Crippen molar-refractivity contribution in [2.45, 2.75) is 31.3 Å². The normalized spacial score (nSPS) is 23.8. The molecule has 2 aliphatic heterocycles. The molecule has 3 unspecified atom stereocenters. The van der Waals surface area contributed by atoms with Crippen molar-refractivity contribution >= 4 is 0 Å².